The van der Waals surface area contributed by atoms with E-state index in [4.69, 9.17) is 0 Å². The molecule has 3 radical (unpaired) electrons. The van der Waals surface area contributed by atoms with Crippen molar-refractivity contribution in [3.05, 3.63) is 35.4 Å². The fraction of sp³-hybridized carbons (Fsp3) is 0.538. The van der Waals surface area contributed by atoms with Crippen molar-refractivity contribution in [3.8, 4) is 0 Å². The van der Waals surface area contributed by atoms with Gasteiger partial charge in [-0.3, -0.25) is 0 Å². The molecule has 0 nitrogen and oxygen atoms in total. The third-order valence-corrected chi connectivity index (χ3v) is 3.15. The predicted molar refractivity (Wildman–Crippen MR) is 56.0 cm³/mol. The molecule has 0 atom stereocenters. The molecule has 1 fully saturated rings. The summed E-state index contributed by atoms with van der Waals surface area (Å²) in [6, 6.07) is 10.1. The minimum atomic E-state index is 0. The standard InChI is InChI=1S/C13H17.3Y/c1-10(2)11-4-6-12(7-5-11)13(3)8-9-13;;;/h4-6,10H,8-9H2,1-3H3;;;/q-1;;;. The Morgan fingerprint density at radius 1 is 1.12 bits per heavy atom. The second-order valence-electron chi connectivity index (χ2n) is 4.75. The zero-order valence-electron chi connectivity index (χ0n) is 10.5. The first-order valence-corrected chi connectivity index (χ1v) is 5.14. The molecule has 0 aliphatic heterocycles. The van der Waals surface area contributed by atoms with E-state index in [0.29, 0.717) is 11.3 Å². The summed E-state index contributed by atoms with van der Waals surface area (Å²) >= 11 is 0. The first-order chi connectivity index (χ1) is 6.12. The largest absolute Gasteiger partial charge is 0.180 e. The minimum Gasteiger partial charge on any atom is -0.180 e. The molecule has 0 amide bonds. The van der Waals surface area contributed by atoms with Crippen LogP contribution in [0.3, 0.4) is 0 Å². The molecule has 0 heterocycles. The number of benzene rings is 1. The Kier molecular flexibility index (Phi) is 11.3. The molecule has 16 heavy (non-hydrogen) atoms. The molecule has 1 aliphatic rings. The van der Waals surface area contributed by atoms with Crippen LogP contribution in [-0.4, -0.2) is 0 Å². The molecule has 0 N–H and O–H groups in total. The third-order valence-electron chi connectivity index (χ3n) is 3.15. The van der Waals surface area contributed by atoms with Crippen LogP contribution in [0, 0.1) is 6.07 Å². The molecular formula is C13H17Y3-. The van der Waals surface area contributed by atoms with Gasteiger partial charge < -0.3 is 0 Å². The summed E-state index contributed by atoms with van der Waals surface area (Å²) in [5, 5.41) is 0. The molecule has 1 aromatic carbocycles. The van der Waals surface area contributed by atoms with Crippen molar-refractivity contribution in [3.63, 3.8) is 0 Å². The van der Waals surface area contributed by atoms with Gasteiger partial charge >= 0.3 is 0 Å². The summed E-state index contributed by atoms with van der Waals surface area (Å²) in [5.41, 5.74) is 3.26. The molecule has 0 bridgehead atoms. The van der Waals surface area contributed by atoms with Crippen molar-refractivity contribution in [2.45, 2.75) is 44.9 Å². The van der Waals surface area contributed by atoms with Gasteiger partial charge in [-0.15, -0.1) is 0 Å². The van der Waals surface area contributed by atoms with Crippen LogP contribution < -0.4 is 0 Å². The Labute approximate surface area is 175 Å². The van der Waals surface area contributed by atoms with Gasteiger partial charge in [0, 0.05) is 98.1 Å². The molecule has 1 saturated carbocycles. The summed E-state index contributed by atoms with van der Waals surface area (Å²) in [7, 11) is 0. The van der Waals surface area contributed by atoms with E-state index in [9.17, 15) is 0 Å². The summed E-state index contributed by atoms with van der Waals surface area (Å²) in [6.45, 7) is 6.78. The van der Waals surface area contributed by atoms with Crippen LogP contribution in [0.5, 0.6) is 0 Å². The molecule has 79 valence electrons. The zero-order valence-corrected chi connectivity index (χ0v) is 19.0. The molecule has 0 unspecified atom stereocenters. The van der Waals surface area contributed by atoms with E-state index in [1.54, 1.807) is 0 Å². The maximum atomic E-state index is 3.42. The van der Waals surface area contributed by atoms with Gasteiger partial charge in [-0.05, 0) is 18.3 Å². The molecule has 1 aromatic rings. The quantitative estimate of drug-likeness (QED) is 0.617. The monoisotopic (exact) mass is 440 g/mol. The second-order valence-corrected chi connectivity index (χ2v) is 4.75. The summed E-state index contributed by atoms with van der Waals surface area (Å²) in [4.78, 5) is 0. The first kappa shape index (κ1) is 20.8. The number of rotatable bonds is 2. The van der Waals surface area contributed by atoms with Crippen LogP contribution in [0.4, 0.5) is 0 Å². The fourth-order valence-electron chi connectivity index (χ4n) is 1.63. The van der Waals surface area contributed by atoms with Crippen molar-refractivity contribution in [2.75, 3.05) is 0 Å². The van der Waals surface area contributed by atoms with Gasteiger partial charge in [0.15, 0.2) is 0 Å². The van der Waals surface area contributed by atoms with Gasteiger partial charge in [0.1, 0.15) is 0 Å². The predicted octanol–water partition coefficient (Wildman–Crippen LogP) is 3.65. The summed E-state index contributed by atoms with van der Waals surface area (Å²) < 4.78 is 0. The van der Waals surface area contributed by atoms with E-state index >= 15 is 0 Å². The Balaban J connectivity index is 0. The van der Waals surface area contributed by atoms with Crippen molar-refractivity contribution >= 4 is 0 Å². The van der Waals surface area contributed by atoms with Gasteiger partial charge in [0.25, 0.3) is 0 Å². The maximum absolute atomic E-state index is 3.42. The van der Waals surface area contributed by atoms with Crippen molar-refractivity contribution < 1.29 is 98.1 Å². The Morgan fingerprint density at radius 3 is 2.00 bits per heavy atom. The van der Waals surface area contributed by atoms with Crippen LogP contribution in [0.2, 0.25) is 0 Å². The molecule has 3 heteroatoms. The van der Waals surface area contributed by atoms with Crippen LogP contribution >= 0.6 is 0 Å². The molecule has 0 aromatic heterocycles. The van der Waals surface area contributed by atoms with E-state index in [1.165, 1.54) is 24.0 Å². The van der Waals surface area contributed by atoms with Crippen molar-refractivity contribution in [2.24, 2.45) is 0 Å². The third kappa shape index (κ3) is 5.26. The van der Waals surface area contributed by atoms with Gasteiger partial charge in [0.05, 0.1) is 0 Å². The van der Waals surface area contributed by atoms with Crippen LogP contribution in [-0.2, 0) is 104 Å². The van der Waals surface area contributed by atoms with E-state index in [2.05, 4.69) is 45.0 Å². The zero-order chi connectivity index (χ0) is 9.47. The maximum Gasteiger partial charge on any atom is 0 e. The van der Waals surface area contributed by atoms with Gasteiger partial charge in [0.2, 0.25) is 0 Å². The second kappa shape index (κ2) is 8.65. The molecule has 1 aliphatic carbocycles. The van der Waals surface area contributed by atoms with Gasteiger partial charge in [-0.1, -0.05) is 26.7 Å². The first-order valence-electron chi connectivity index (χ1n) is 5.14. The normalized spacial score (nSPS) is 15.5. The van der Waals surface area contributed by atoms with E-state index in [1.807, 2.05) is 0 Å². The number of hydrogen-bond acceptors (Lipinski definition) is 0. The summed E-state index contributed by atoms with van der Waals surface area (Å²) in [6.07, 6.45) is 2.68. The average Bonchev–Trinajstić information content (AvgIpc) is 2.85. The number of hydrogen-bond donors (Lipinski definition) is 0. The van der Waals surface area contributed by atoms with Gasteiger partial charge in [-0.2, -0.15) is 35.4 Å². The fourth-order valence-corrected chi connectivity index (χ4v) is 1.63. The van der Waals surface area contributed by atoms with Gasteiger partial charge in [-0.25, -0.2) is 0 Å². The molecule has 0 saturated heterocycles. The van der Waals surface area contributed by atoms with Crippen LogP contribution in [0.25, 0.3) is 0 Å². The summed E-state index contributed by atoms with van der Waals surface area (Å²) in [5.74, 6) is 0.623. The van der Waals surface area contributed by atoms with Crippen molar-refractivity contribution in [1.82, 2.24) is 0 Å². The van der Waals surface area contributed by atoms with Crippen LogP contribution in [0.15, 0.2) is 18.2 Å². The Hall–Kier alpha value is 2.53. The van der Waals surface area contributed by atoms with E-state index in [-0.39, 0.29) is 98.1 Å². The minimum absolute atomic E-state index is 0. The Bertz CT molecular complexity index is 299. The molecule has 0 spiro atoms. The SMILES string of the molecule is CC(C)c1c[c-]c(C2(C)CC2)cc1.[Y].[Y].[Y]. The molecule has 2 rings (SSSR count). The Morgan fingerprint density at radius 2 is 1.69 bits per heavy atom. The molecular weight excluding hydrogens is 423 g/mol. The smallest absolute Gasteiger partial charge is 0 e. The average molecular weight is 440 g/mol. The van der Waals surface area contributed by atoms with E-state index < -0.39 is 0 Å². The van der Waals surface area contributed by atoms with E-state index in [0.717, 1.165) is 0 Å². The topological polar surface area (TPSA) is 0 Å². The van der Waals surface area contributed by atoms with Crippen molar-refractivity contribution in [1.29, 1.82) is 0 Å². The van der Waals surface area contributed by atoms with Crippen LogP contribution in [0.1, 0.15) is 50.7 Å².